The van der Waals surface area contributed by atoms with Gasteiger partial charge in [0.05, 0.1) is 16.9 Å². The van der Waals surface area contributed by atoms with Crippen molar-refractivity contribution in [1.29, 1.82) is 0 Å². The molecule has 0 aliphatic rings. The molecule has 0 radical (unpaired) electrons. The van der Waals surface area contributed by atoms with Crippen molar-refractivity contribution in [2.75, 3.05) is 11.9 Å². The summed E-state index contributed by atoms with van der Waals surface area (Å²) in [5, 5.41) is 22.9. The average Bonchev–Trinajstić information content (AvgIpc) is 3.25. The molecule has 4 aromatic rings. The minimum atomic E-state index is -1.07. The molecule has 4 rings (SSSR count). The molecule has 0 aliphatic heterocycles. The lowest BCUT2D eigenvalue weighted by molar-refractivity contribution is -0.118. The van der Waals surface area contributed by atoms with Crippen LogP contribution in [0.15, 0.2) is 42.5 Å². The van der Waals surface area contributed by atoms with Crippen LogP contribution in [0.1, 0.15) is 25.1 Å². The number of pyridine rings is 1. The van der Waals surface area contributed by atoms with Gasteiger partial charge in [-0.15, -0.1) is 10.2 Å². The zero-order valence-corrected chi connectivity index (χ0v) is 20.1. The Bertz CT molecular complexity index is 1410. The number of carbonyl (C=O) groups excluding carboxylic acids is 1. The predicted molar refractivity (Wildman–Crippen MR) is 133 cm³/mol. The molecule has 0 saturated carbocycles. The molecule has 0 unspecified atom stereocenters. The number of anilines is 1. The molecule has 0 saturated heterocycles. The number of amides is 2. The Kier molecular flexibility index (Phi) is 6.46. The summed E-state index contributed by atoms with van der Waals surface area (Å²) in [4.78, 5) is 30.6. The molecule has 2 aromatic heterocycles. The van der Waals surface area contributed by atoms with Crippen molar-refractivity contribution in [1.82, 2.24) is 25.2 Å². The fourth-order valence-corrected chi connectivity index (χ4v) is 4.01. The number of carbonyl (C=O) groups is 2. The van der Waals surface area contributed by atoms with Crippen molar-refractivity contribution in [2.45, 2.75) is 33.7 Å². The van der Waals surface area contributed by atoms with Gasteiger partial charge in [0.25, 0.3) is 0 Å². The van der Waals surface area contributed by atoms with Gasteiger partial charge in [0, 0.05) is 23.6 Å². The second-order valence-corrected chi connectivity index (χ2v) is 8.93. The van der Waals surface area contributed by atoms with Crippen molar-refractivity contribution >= 4 is 28.6 Å². The van der Waals surface area contributed by atoms with Crippen LogP contribution in [0.2, 0.25) is 0 Å². The lowest BCUT2D eigenvalue weighted by atomic mass is 9.93. The minimum absolute atomic E-state index is 0.178. The van der Waals surface area contributed by atoms with E-state index in [1.54, 1.807) is 0 Å². The molecule has 10 nitrogen and oxygen atoms in total. The van der Waals surface area contributed by atoms with Gasteiger partial charge in [-0.3, -0.25) is 14.7 Å². The predicted octanol–water partition coefficient (Wildman–Crippen LogP) is 3.66. The second-order valence-electron chi connectivity index (χ2n) is 8.93. The van der Waals surface area contributed by atoms with E-state index >= 15 is 0 Å². The Balaban J connectivity index is 2.02. The third-order valence-electron chi connectivity index (χ3n) is 5.60. The van der Waals surface area contributed by atoms with E-state index in [9.17, 15) is 14.7 Å². The zero-order chi connectivity index (χ0) is 25.3. The highest BCUT2D eigenvalue weighted by atomic mass is 16.4. The van der Waals surface area contributed by atoms with Crippen LogP contribution >= 0.6 is 0 Å². The van der Waals surface area contributed by atoms with Crippen LogP contribution in [-0.2, 0) is 17.8 Å². The van der Waals surface area contributed by atoms with Crippen molar-refractivity contribution in [3.05, 3.63) is 53.7 Å². The number of carboxylic acid groups (broad SMARTS) is 1. The summed E-state index contributed by atoms with van der Waals surface area (Å²) in [6.07, 6.45) is -0.455. The highest BCUT2D eigenvalue weighted by molar-refractivity contribution is 6.06. The van der Waals surface area contributed by atoms with Gasteiger partial charge >= 0.3 is 6.09 Å². The molecule has 0 aliphatic carbocycles. The molecule has 3 N–H and O–H groups in total. The Labute approximate surface area is 202 Å². The van der Waals surface area contributed by atoms with Crippen molar-refractivity contribution in [3.8, 4) is 22.5 Å². The van der Waals surface area contributed by atoms with Crippen molar-refractivity contribution < 1.29 is 14.7 Å². The van der Waals surface area contributed by atoms with E-state index in [1.165, 1.54) is 11.9 Å². The molecule has 10 heteroatoms. The van der Waals surface area contributed by atoms with E-state index in [2.05, 4.69) is 29.3 Å². The molecule has 0 atom stereocenters. The third kappa shape index (κ3) is 4.96. The lowest BCUT2D eigenvalue weighted by Gasteiger charge is -2.24. The smallest absolute Gasteiger partial charge is 0.411 e. The van der Waals surface area contributed by atoms with Crippen LogP contribution in [0.3, 0.4) is 0 Å². The monoisotopic (exact) mass is 473 g/mol. The molecule has 0 spiro atoms. The van der Waals surface area contributed by atoms with Crippen LogP contribution in [0, 0.1) is 12.8 Å². The van der Waals surface area contributed by atoms with E-state index < -0.39 is 12.0 Å². The number of hydrogen-bond donors (Lipinski definition) is 2. The van der Waals surface area contributed by atoms with Crippen LogP contribution < -0.4 is 10.6 Å². The molecule has 0 fully saturated rings. The fourth-order valence-electron chi connectivity index (χ4n) is 4.01. The Hall–Kier alpha value is -4.34. The molecule has 35 heavy (non-hydrogen) atoms. The van der Waals surface area contributed by atoms with Gasteiger partial charge in [0.2, 0.25) is 11.7 Å². The van der Waals surface area contributed by atoms with Gasteiger partial charge in [0.1, 0.15) is 6.54 Å². The Morgan fingerprint density at radius 3 is 2.43 bits per heavy atom. The summed E-state index contributed by atoms with van der Waals surface area (Å²) in [5.41, 5.74) is 10.6. The maximum atomic E-state index is 12.1. The molecular formula is C25H27N7O3. The Morgan fingerprint density at radius 2 is 1.80 bits per heavy atom. The van der Waals surface area contributed by atoms with Crippen molar-refractivity contribution in [2.24, 2.45) is 11.7 Å². The van der Waals surface area contributed by atoms with Gasteiger partial charge in [-0.05, 0) is 48.2 Å². The fraction of sp³-hybridized carbons (Fsp3) is 0.280. The maximum Gasteiger partial charge on any atom is 0.411 e. The zero-order valence-electron chi connectivity index (χ0n) is 20.1. The number of nitrogens with two attached hydrogens (primary N) is 1. The molecule has 2 heterocycles. The van der Waals surface area contributed by atoms with E-state index in [-0.39, 0.29) is 12.5 Å². The first-order valence-corrected chi connectivity index (χ1v) is 11.2. The van der Waals surface area contributed by atoms with Crippen LogP contribution in [0.5, 0.6) is 0 Å². The van der Waals surface area contributed by atoms with Crippen LogP contribution in [0.25, 0.3) is 33.4 Å². The van der Waals surface area contributed by atoms with E-state index in [1.807, 2.05) is 49.4 Å². The van der Waals surface area contributed by atoms with Gasteiger partial charge < -0.3 is 10.8 Å². The number of tetrazole rings is 1. The first kappa shape index (κ1) is 23.8. The van der Waals surface area contributed by atoms with Gasteiger partial charge in [-0.1, -0.05) is 43.7 Å². The first-order valence-electron chi connectivity index (χ1n) is 11.2. The number of aromatic nitrogens is 5. The highest BCUT2D eigenvalue weighted by Gasteiger charge is 2.24. The quantitative estimate of drug-likeness (QED) is 0.417. The first-order chi connectivity index (χ1) is 16.6. The second kappa shape index (κ2) is 9.49. The van der Waals surface area contributed by atoms with Crippen LogP contribution in [0.4, 0.5) is 10.5 Å². The molecule has 2 aromatic carbocycles. The largest absolute Gasteiger partial charge is 0.465 e. The number of benzene rings is 2. The third-order valence-corrected chi connectivity index (χ3v) is 5.60. The SMILES string of the molecule is Cc1ccc(-c2c(N(C)C(=O)O)c(CC(C)C)nc3ccc(-c4nnn(CC(N)=O)n4)cc23)cc1. The summed E-state index contributed by atoms with van der Waals surface area (Å²) in [5.74, 6) is 0.0234. The summed E-state index contributed by atoms with van der Waals surface area (Å²) < 4.78 is 0. The molecular weight excluding hydrogens is 446 g/mol. The van der Waals surface area contributed by atoms with E-state index in [0.717, 1.165) is 32.4 Å². The normalized spacial score (nSPS) is 11.2. The van der Waals surface area contributed by atoms with Gasteiger partial charge in [-0.25, -0.2) is 4.79 Å². The van der Waals surface area contributed by atoms with E-state index in [0.29, 0.717) is 29.2 Å². The average molecular weight is 474 g/mol. The molecule has 180 valence electrons. The maximum absolute atomic E-state index is 12.1. The number of fused-ring (bicyclic) bond motifs is 1. The standard InChI is InChI=1S/C25H27N7O3/c1-14(2)11-20-23(31(4)25(34)35)22(16-7-5-15(3)6-8-16)18-12-17(9-10-19(18)27-20)24-28-30-32(29-24)13-21(26)33/h5-10,12,14H,11,13H2,1-4H3,(H2,26,33)(H,34,35). The number of hydrogen-bond acceptors (Lipinski definition) is 6. The topological polar surface area (TPSA) is 140 Å². The van der Waals surface area contributed by atoms with Gasteiger partial charge in [0.15, 0.2) is 0 Å². The number of nitrogens with zero attached hydrogens (tertiary/aromatic N) is 6. The van der Waals surface area contributed by atoms with Gasteiger partial charge in [-0.2, -0.15) is 4.80 Å². The van der Waals surface area contributed by atoms with Crippen molar-refractivity contribution in [3.63, 3.8) is 0 Å². The Morgan fingerprint density at radius 1 is 1.11 bits per heavy atom. The summed E-state index contributed by atoms with van der Waals surface area (Å²) in [6, 6.07) is 13.5. The number of primary amides is 1. The summed E-state index contributed by atoms with van der Waals surface area (Å²) in [7, 11) is 1.54. The van der Waals surface area contributed by atoms with E-state index in [4.69, 9.17) is 10.7 Å². The molecule has 2 amide bonds. The number of rotatable bonds is 7. The summed E-state index contributed by atoms with van der Waals surface area (Å²) in [6.45, 7) is 5.98. The highest BCUT2D eigenvalue weighted by Crippen LogP contribution is 2.40. The number of aryl methyl sites for hydroxylation is 1. The molecule has 0 bridgehead atoms. The minimum Gasteiger partial charge on any atom is -0.465 e. The summed E-state index contributed by atoms with van der Waals surface area (Å²) >= 11 is 0. The van der Waals surface area contributed by atoms with Crippen LogP contribution in [-0.4, -0.2) is 49.3 Å². The lowest BCUT2D eigenvalue weighted by Crippen LogP contribution is -2.26.